The van der Waals surface area contributed by atoms with Crippen LogP contribution in [0.3, 0.4) is 0 Å². The molecule has 0 aliphatic carbocycles. The van der Waals surface area contributed by atoms with Crippen LogP contribution in [0.1, 0.15) is 43.1 Å². The molecular formula is C19H22F3N5O3S. The number of nitrogen functional groups attached to an aromatic ring is 1. The number of halogens is 3. The number of amides is 1. The summed E-state index contributed by atoms with van der Waals surface area (Å²) in [6.07, 6.45) is -3.38. The molecule has 1 saturated heterocycles. The predicted molar refractivity (Wildman–Crippen MR) is 108 cm³/mol. The van der Waals surface area contributed by atoms with Crippen LogP contribution >= 0.6 is 0 Å². The maximum Gasteiger partial charge on any atom is 0.417 e. The zero-order valence-electron chi connectivity index (χ0n) is 17.1. The minimum atomic E-state index is -4.76. The molecule has 31 heavy (non-hydrogen) atoms. The Morgan fingerprint density at radius 3 is 2.55 bits per heavy atom. The average molecular weight is 457 g/mol. The van der Waals surface area contributed by atoms with E-state index >= 15 is 0 Å². The van der Waals surface area contributed by atoms with Crippen LogP contribution < -0.4 is 15.4 Å². The van der Waals surface area contributed by atoms with Gasteiger partial charge in [-0.05, 0) is 44.4 Å². The van der Waals surface area contributed by atoms with Crippen LogP contribution in [0.15, 0.2) is 35.5 Å². The normalized spacial score (nSPS) is 18.8. The summed E-state index contributed by atoms with van der Waals surface area (Å²) in [5, 5.41) is -0.530. The van der Waals surface area contributed by atoms with E-state index in [0.29, 0.717) is 18.8 Å². The molecule has 3 heterocycles. The van der Waals surface area contributed by atoms with E-state index in [9.17, 15) is 26.4 Å². The first-order chi connectivity index (χ1) is 14.2. The third kappa shape index (κ3) is 4.43. The number of alkyl halides is 3. The van der Waals surface area contributed by atoms with Gasteiger partial charge < -0.3 is 10.6 Å². The van der Waals surface area contributed by atoms with Crippen molar-refractivity contribution in [3.63, 3.8) is 0 Å². The van der Waals surface area contributed by atoms with E-state index in [4.69, 9.17) is 5.73 Å². The van der Waals surface area contributed by atoms with E-state index in [1.54, 1.807) is 9.62 Å². The maximum absolute atomic E-state index is 13.3. The molecule has 12 heteroatoms. The van der Waals surface area contributed by atoms with Crippen LogP contribution in [-0.4, -0.2) is 36.4 Å². The molecule has 2 aromatic heterocycles. The molecule has 0 bridgehead atoms. The SMILES string of the molecule is CC1CCN(c2ncc(C(F)(F)F)cc2C(=O)NS(=O)(=O)c2cccc(N)n2)C1(C)C. The first-order valence-electron chi connectivity index (χ1n) is 9.38. The minimum absolute atomic E-state index is 0.0180. The Labute approximate surface area is 177 Å². The first-order valence-corrected chi connectivity index (χ1v) is 10.9. The topological polar surface area (TPSA) is 118 Å². The molecule has 0 saturated carbocycles. The van der Waals surface area contributed by atoms with Crippen molar-refractivity contribution in [2.24, 2.45) is 5.92 Å². The van der Waals surface area contributed by atoms with Crippen LogP contribution in [0.5, 0.6) is 0 Å². The summed E-state index contributed by atoms with van der Waals surface area (Å²) >= 11 is 0. The summed E-state index contributed by atoms with van der Waals surface area (Å²) in [7, 11) is -4.48. The molecule has 1 aliphatic heterocycles. The van der Waals surface area contributed by atoms with Gasteiger partial charge in [-0.15, -0.1) is 0 Å². The Hall–Kier alpha value is -2.89. The van der Waals surface area contributed by atoms with Crippen LogP contribution in [0.4, 0.5) is 24.8 Å². The lowest BCUT2D eigenvalue weighted by atomic mass is 9.90. The van der Waals surface area contributed by atoms with Gasteiger partial charge in [0.15, 0.2) is 5.03 Å². The second-order valence-corrected chi connectivity index (χ2v) is 9.55. The van der Waals surface area contributed by atoms with Gasteiger partial charge in [-0.1, -0.05) is 13.0 Å². The third-order valence-corrected chi connectivity index (χ3v) is 6.86. The molecule has 1 unspecified atom stereocenters. The van der Waals surface area contributed by atoms with Crippen LogP contribution in [0.25, 0.3) is 0 Å². The summed E-state index contributed by atoms with van der Waals surface area (Å²) in [5.41, 5.74) is 3.32. The number of sulfonamides is 1. The van der Waals surface area contributed by atoms with Crippen LogP contribution in [0, 0.1) is 5.92 Å². The van der Waals surface area contributed by atoms with Crippen molar-refractivity contribution in [2.75, 3.05) is 17.2 Å². The van der Waals surface area contributed by atoms with Gasteiger partial charge in [0.25, 0.3) is 15.9 Å². The van der Waals surface area contributed by atoms with E-state index < -0.39 is 43.8 Å². The number of aromatic nitrogens is 2. The molecule has 1 fully saturated rings. The molecule has 0 spiro atoms. The number of nitrogens with one attached hydrogen (secondary N) is 1. The Morgan fingerprint density at radius 1 is 1.32 bits per heavy atom. The number of nitrogens with two attached hydrogens (primary N) is 1. The summed E-state index contributed by atoms with van der Waals surface area (Å²) in [5.74, 6) is -1.18. The van der Waals surface area contributed by atoms with Crippen LogP contribution in [-0.2, 0) is 16.2 Å². The van der Waals surface area contributed by atoms with Gasteiger partial charge in [0.05, 0.1) is 11.1 Å². The lowest BCUT2D eigenvalue weighted by Crippen LogP contribution is -2.44. The van der Waals surface area contributed by atoms with Crippen molar-refractivity contribution >= 4 is 27.6 Å². The highest BCUT2D eigenvalue weighted by Gasteiger charge is 2.42. The molecule has 0 aromatic carbocycles. The number of pyridine rings is 2. The second kappa shape index (κ2) is 7.66. The number of nitrogens with zero attached hydrogens (tertiary/aromatic N) is 3. The highest BCUT2D eigenvalue weighted by molar-refractivity contribution is 7.90. The summed E-state index contributed by atoms with van der Waals surface area (Å²) in [6, 6.07) is 4.40. The highest BCUT2D eigenvalue weighted by Crippen LogP contribution is 2.40. The van der Waals surface area contributed by atoms with Gasteiger partial charge in [0.2, 0.25) is 0 Å². The lowest BCUT2D eigenvalue weighted by molar-refractivity contribution is -0.137. The zero-order valence-corrected chi connectivity index (χ0v) is 17.9. The first kappa shape index (κ1) is 22.8. The quantitative estimate of drug-likeness (QED) is 0.725. The summed E-state index contributed by atoms with van der Waals surface area (Å²) in [6.45, 7) is 6.22. The van der Waals surface area contributed by atoms with E-state index in [1.165, 1.54) is 12.1 Å². The van der Waals surface area contributed by atoms with Crippen molar-refractivity contribution in [3.8, 4) is 0 Å². The van der Waals surface area contributed by atoms with Crippen molar-refractivity contribution in [2.45, 2.75) is 43.9 Å². The van der Waals surface area contributed by atoms with Gasteiger partial charge in [0, 0.05) is 18.3 Å². The smallest absolute Gasteiger partial charge is 0.384 e. The number of rotatable bonds is 4. The Balaban J connectivity index is 2.06. The fraction of sp³-hybridized carbons (Fsp3) is 0.421. The standard InChI is InChI=1S/C19H22F3N5O3S/c1-11-7-8-27(18(11,2)3)16-13(9-12(10-24-16)19(20,21)22)17(28)26-31(29,30)15-6-4-5-14(23)25-15/h4-6,9-11H,7-8H2,1-3H3,(H2,23,25)(H,26,28). The molecule has 1 amide bonds. The van der Waals surface area contributed by atoms with Gasteiger partial charge in [-0.2, -0.15) is 21.6 Å². The Kier molecular flexibility index (Phi) is 5.63. The van der Waals surface area contributed by atoms with Gasteiger partial charge in [0.1, 0.15) is 11.6 Å². The number of hydrogen-bond donors (Lipinski definition) is 2. The monoisotopic (exact) mass is 457 g/mol. The van der Waals surface area contributed by atoms with E-state index in [0.717, 1.165) is 12.5 Å². The highest BCUT2D eigenvalue weighted by atomic mass is 32.2. The van der Waals surface area contributed by atoms with Gasteiger partial charge in [-0.25, -0.2) is 14.7 Å². The number of carbonyl (C=O) groups excluding carboxylic acids is 1. The molecule has 2 aromatic rings. The van der Waals surface area contributed by atoms with Crippen molar-refractivity contribution in [3.05, 3.63) is 41.6 Å². The average Bonchev–Trinajstić information content (AvgIpc) is 2.93. The van der Waals surface area contributed by atoms with E-state index in [-0.39, 0.29) is 17.6 Å². The van der Waals surface area contributed by atoms with Crippen LogP contribution in [0.2, 0.25) is 0 Å². The van der Waals surface area contributed by atoms with Gasteiger partial charge in [-0.3, -0.25) is 4.79 Å². The molecule has 3 rings (SSSR count). The molecule has 0 radical (unpaired) electrons. The number of hydrogen-bond acceptors (Lipinski definition) is 7. The zero-order chi connectivity index (χ0) is 23.2. The lowest BCUT2D eigenvalue weighted by Gasteiger charge is -2.36. The number of carbonyl (C=O) groups is 1. The minimum Gasteiger partial charge on any atom is -0.384 e. The summed E-state index contributed by atoms with van der Waals surface area (Å²) in [4.78, 5) is 22.2. The Morgan fingerprint density at radius 2 is 2.00 bits per heavy atom. The molecule has 3 N–H and O–H groups in total. The maximum atomic E-state index is 13.3. The van der Waals surface area contributed by atoms with Crippen molar-refractivity contribution in [1.29, 1.82) is 0 Å². The molecular weight excluding hydrogens is 435 g/mol. The number of anilines is 2. The molecule has 168 valence electrons. The van der Waals surface area contributed by atoms with Crippen molar-refractivity contribution < 1.29 is 26.4 Å². The molecule has 1 aliphatic rings. The fourth-order valence-corrected chi connectivity index (χ4v) is 4.36. The largest absolute Gasteiger partial charge is 0.417 e. The predicted octanol–water partition coefficient (Wildman–Crippen LogP) is 2.82. The Bertz CT molecular complexity index is 1120. The van der Waals surface area contributed by atoms with Crippen molar-refractivity contribution in [1.82, 2.24) is 14.7 Å². The molecule has 1 atom stereocenters. The van der Waals surface area contributed by atoms with E-state index in [1.807, 2.05) is 20.8 Å². The summed E-state index contributed by atoms with van der Waals surface area (Å²) < 4.78 is 66.7. The fourth-order valence-electron chi connectivity index (χ4n) is 3.41. The van der Waals surface area contributed by atoms with E-state index in [2.05, 4.69) is 9.97 Å². The third-order valence-electron chi connectivity index (χ3n) is 5.63. The van der Waals surface area contributed by atoms with Gasteiger partial charge >= 0.3 is 6.18 Å². The second-order valence-electron chi connectivity index (χ2n) is 7.92. The molecule has 8 nitrogen and oxygen atoms in total.